The number of nitrogens with one attached hydrogen (secondary N) is 1. The zero-order valence-electron chi connectivity index (χ0n) is 15.1. The summed E-state index contributed by atoms with van der Waals surface area (Å²) in [5.74, 6) is 1.20. The normalized spacial score (nSPS) is 15.5. The molecule has 0 spiro atoms. The maximum Gasteiger partial charge on any atom is 0.284 e. The van der Waals surface area contributed by atoms with Gasteiger partial charge in [-0.05, 0) is 35.0 Å². The molecule has 28 heavy (non-hydrogen) atoms. The third kappa shape index (κ3) is 3.55. The quantitative estimate of drug-likeness (QED) is 0.538. The topological polar surface area (TPSA) is 89.4 Å². The fourth-order valence-electron chi connectivity index (χ4n) is 2.88. The molecule has 1 aliphatic rings. The second-order valence-corrected chi connectivity index (χ2v) is 6.22. The van der Waals surface area contributed by atoms with E-state index < -0.39 is 12.0 Å². The number of phenols is 1. The number of fused-ring (bicyclic) bond motifs is 2. The van der Waals surface area contributed by atoms with Crippen LogP contribution in [0.15, 0.2) is 59.7 Å². The van der Waals surface area contributed by atoms with Gasteiger partial charge in [0, 0.05) is 11.6 Å². The first-order chi connectivity index (χ1) is 13.6. The Morgan fingerprint density at radius 1 is 1.18 bits per heavy atom. The number of ether oxygens (including phenoxy) is 3. The molecule has 0 fully saturated rings. The Kier molecular flexibility index (Phi) is 4.72. The van der Waals surface area contributed by atoms with Gasteiger partial charge < -0.3 is 19.3 Å². The molecular weight excluding hydrogens is 360 g/mol. The van der Waals surface area contributed by atoms with Gasteiger partial charge in [0.15, 0.2) is 11.5 Å². The van der Waals surface area contributed by atoms with Gasteiger partial charge in [0.05, 0.1) is 13.3 Å². The Labute approximate surface area is 161 Å². The summed E-state index contributed by atoms with van der Waals surface area (Å²) in [6.07, 6.45) is 0.521. The van der Waals surface area contributed by atoms with Crippen molar-refractivity contribution in [1.82, 2.24) is 5.43 Å². The second kappa shape index (κ2) is 7.48. The van der Waals surface area contributed by atoms with Crippen LogP contribution in [0.25, 0.3) is 10.8 Å². The predicted octanol–water partition coefficient (Wildman–Crippen LogP) is 2.84. The molecule has 3 aromatic carbocycles. The molecule has 4 rings (SSSR count). The highest BCUT2D eigenvalue weighted by Crippen LogP contribution is 2.35. The molecule has 1 aliphatic heterocycles. The Morgan fingerprint density at radius 3 is 2.64 bits per heavy atom. The van der Waals surface area contributed by atoms with E-state index in [1.807, 2.05) is 36.4 Å². The number of aromatic hydroxyl groups is 1. The number of carbonyl (C=O) groups excluding carboxylic acids is 1. The Bertz CT molecular complexity index is 1060. The molecule has 2 N–H and O–H groups in total. The van der Waals surface area contributed by atoms with Gasteiger partial charge in [-0.1, -0.05) is 24.3 Å². The molecule has 142 valence electrons. The molecule has 1 atom stereocenters. The molecule has 7 nitrogen and oxygen atoms in total. The summed E-state index contributed by atoms with van der Waals surface area (Å²) in [6, 6.07) is 16.4. The van der Waals surface area contributed by atoms with E-state index in [0.717, 1.165) is 10.8 Å². The summed E-state index contributed by atoms with van der Waals surface area (Å²) in [7, 11) is 1.51. The summed E-state index contributed by atoms with van der Waals surface area (Å²) in [5, 5.41) is 15.8. The summed E-state index contributed by atoms with van der Waals surface area (Å²) in [6.45, 7) is 0.0838. The summed E-state index contributed by atoms with van der Waals surface area (Å²) in [4.78, 5) is 12.3. The van der Waals surface area contributed by atoms with Crippen molar-refractivity contribution in [2.75, 3.05) is 13.7 Å². The number of methoxy groups -OCH3 is 1. The van der Waals surface area contributed by atoms with Gasteiger partial charge in [0.2, 0.25) is 6.10 Å². The van der Waals surface area contributed by atoms with Crippen LogP contribution < -0.4 is 19.6 Å². The highest BCUT2D eigenvalue weighted by atomic mass is 16.6. The number of phenolic OH excluding ortho intramolecular Hbond substituents is 1. The number of hydrogen-bond acceptors (Lipinski definition) is 6. The predicted molar refractivity (Wildman–Crippen MR) is 104 cm³/mol. The number of hydrogen-bond donors (Lipinski definition) is 2. The van der Waals surface area contributed by atoms with Crippen LogP contribution in [0, 0.1) is 0 Å². The van der Waals surface area contributed by atoms with Crippen molar-refractivity contribution in [2.45, 2.75) is 6.10 Å². The molecule has 0 aliphatic carbocycles. The first-order valence-electron chi connectivity index (χ1n) is 8.66. The second-order valence-electron chi connectivity index (χ2n) is 6.22. The summed E-state index contributed by atoms with van der Waals surface area (Å²) < 4.78 is 16.5. The first kappa shape index (κ1) is 17.7. The van der Waals surface area contributed by atoms with Gasteiger partial charge >= 0.3 is 0 Å². The lowest BCUT2D eigenvalue weighted by molar-refractivity contribution is -0.130. The third-order valence-electron chi connectivity index (χ3n) is 4.38. The summed E-state index contributed by atoms with van der Waals surface area (Å²) >= 11 is 0. The molecule has 0 aromatic heterocycles. The van der Waals surface area contributed by atoms with E-state index in [0.29, 0.717) is 22.8 Å². The van der Waals surface area contributed by atoms with E-state index in [4.69, 9.17) is 14.2 Å². The standard InChI is InChI=1S/C21H18N2O5/c1-26-16-7-6-15(17(24)10-16)11-22-23-21(25)20-12-27-18-8-13-4-2-3-5-14(13)9-19(18)28-20/h2-11,20,24H,12H2,1H3,(H,23,25)/b22-11-. The van der Waals surface area contributed by atoms with E-state index in [-0.39, 0.29) is 12.4 Å². The van der Waals surface area contributed by atoms with Gasteiger partial charge in [-0.25, -0.2) is 5.43 Å². The van der Waals surface area contributed by atoms with Crippen molar-refractivity contribution in [3.8, 4) is 23.0 Å². The number of nitrogens with zero attached hydrogens (tertiary/aromatic N) is 1. The van der Waals surface area contributed by atoms with Crippen molar-refractivity contribution in [3.05, 3.63) is 60.2 Å². The molecule has 0 saturated carbocycles. The van der Waals surface area contributed by atoms with Crippen molar-refractivity contribution in [1.29, 1.82) is 0 Å². The van der Waals surface area contributed by atoms with Crippen LogP contribution in [0.1, 0.15) is 5.56 Å². The maximum absolute atomic E-state index is 12.3. The number of carbonyl (C=O) groups is 1. The molecule has 3 aromatic rings. The largest absolute Gasteiger partial charge is 0.507 e. The van der Waals surface area contributed by atoms with Crippen LogP contribution in [0.5, 0.6) is 23.0 Å². The van der Waals surface area contributed by atoms with Gasteiger partial charge in [-0.3, -0.25) is 4.79 Å². The lowest BCUT2D eigenvalue weighted by Crippen LogP contribution is -2.42. The van der Waals surface area contributed by atoms with Crippen LogP contribution in [0.4, 0.5) is 0 Å². The minimum Gasteiger partial charge on any atom is -0.507 e. The first-order valence-corrected chi connectivity index (χ1v) is 8.66. The Hall–Kier alpha value is -3.74. The fourth-order valence-corrected chi connectivity index (χ4v) is 2.88. The lowest BCUT2D eigenvalue weighted by Gasteiger charge is -2.25. The molecule has 1 amide bonds. The van der Waals surface area contributed by atoms with Crippen LogP contribution >= 0.6 is 0 Å². The minimum absolute atomic E-state index is 0.00426. The molecule has 0 bridgehead atoms. The van der Waals surface area contributed by atoms with E-state index in [9.17, 15) is 9.90 Å². The van der Waals surface area contributed by atoms with Crippen LogP contribution in [0.2, 0.25) is 0 Å². The molecule has 1 unspecified atom stereocenters. The molecule has 1 heterocycles. The number of benzene rings is 3. The molecule has 0 saturated heterocycles. The van der Waals surface area contributed by atoms with Gasteiger partial charge in [0.1, 0.15) is 18.1 Å². The molecular formula is C21H18N2O5. The van der Waals surface area contributed by atoms with E-state index in [1.165, 1.54) is 19.4 Å². The zero-order chi connectivity index (χ0) is 19.5. The van der Waals surface area contributed by atoms with Crippen LogP contribution in [-0.2, 0) is 4.79 Å². The highest BCUT2D eigenvalue weighted by molar-refractivity contribution is 5.88. The SMILES string of the molecule is COc1ccc(/C=N\NC(=O)C2COc3cc4ccccc4cc3O2)c(O)c1. The number of hydrazone groups is 1. The number of amides is 1. The van der Waals surface area contributed by atoms with Gasteiger partial charge in [-0.2, -0.15) is 5.10 Å². The van der Waals surface area contributed by atoms with Crippen molar-refractivity contribution >= 4 is 22.9 Å². The van der Waals surface area contributed by atoms with Crippen molar-refractivity contribution in [2.24, 2.45) is 5.10 Å². The average Bonchev–Trinajstić information content (AvgIpc) is 2.72. The lowest BCUT2D eigenvalue weighted by atomic mass is 10.1. The van der Waals surface area contributed by atoms with Crippen molar-refractivity contribution < 1.29 is 24.1 Å². The summed E-state index contributed by atoms with van der Waals surface area (Å²) in [5.41, 5.74) is 2.85. The van der Waals surface area contributed by atoms with Crippen LogP contribution in [0.3, 0.4) is 0 Å². The average molecular weight is 378 g/mol. The van der Waals surface area contributed by atoms with Gasteiger partial charge in [-0.15, -0.1) is 0 Å². The van der Waals surface area contributed by atoms with E-state index >= 15 is 0 Å². The van der Waals surface area contributed by atoms with E-state index in [1.54, 1.807) is 12.1 Å². The highest BCUT2D eigenvalue weighted by Gasteiger charge is 2.27. The van der Waals surface area contributed by atoms with E-state index in [2.05, 4.69) is 10.5 Å². The number of rotatable bonds is 4. The Morgan fingerprint density at radius 2 is 1.93 bits per heavy atom. The third-order valence-corrected chi connectivity index (χ3v) is 4.38. The molecule has 0 radical (unpaired) electrons. The molecule has 7 heteroatoms. The van der Waals surface area contributed by atoms with Crippen LogP contribution in [-0.4, -0.2) is 37.0 Å². The van der Waals surface area contributed by atoms with Crippen molar-refractivity contribution in [3.63, 3.8) is 0 Å². The Balaban J connectivity index is 1.43. The minimum atomic E-state index is -0.824. The smallest absolute Gasteiger partial charge is 0.284 e. The van der Waals surface area contributed by atoms with Gasteiger partial charge in [0.25, 0.3) is 5.91 Å². The zero-order valence-corrected chi connectivity index (χ0v) is 15.1. The monoisotopic (exact) mass is 378 g/mol. The maximum atomic E-state index is 12.3. The fraction of sp³-hybridized carbons (Fsp3) is 0.143.